The Balaban J connectivity index is 1.67. The number of hydrogen-bond acceptors (Lipinski definition) is 3. The van der Waals surface area contributed by atoms with Crippen LogP contribution in [0.1, 0.15) is 47.4 Å². The molecule has 2 atom stereocenters. The first kappa shape index (κ1) is 18.3. The van der Waals surface area contributed by atoms with Crippen molar-refractivity contribution in [2.24, 2.45) is 0 Å². The highest BCUT2D eigenvalue weighted by Gasteiger charge is 2.47. The molecule has 0 unspecified atom stereocenters. The smallest absolute Gasteiger partial charge is 0.363 e. The van der Waals surface area contributed by atoms with Crippen LogP contribution in [-0.2, 0) is 0 Å². The summed E-state index contributed by atoms with van der Waals surface area (Å²) in [5.74, 6) is -0.0867. The van der Waals surface area contributed by atoms with Gasteiger partial charge in [0.15, 0.2) is 11.7 Å². The van der Waals surface area contributed by atoms with Crippen LogP contribution in [0.2, 0.25) is 0 Å². The Bertz CT molecular complexity index is 843. The molecule has 1 fully saturated rings. The molecule has 144 valence electrons. The lowest BCUT2D eigenvalue weighted by atomic mass is 9.97. The summed E-state index contributed by atoms with van der Waals surface area (Å²) >= 11 is 3.33. The summed E-state index contributed by atoms with van der Waals surface area (Å²) in [6.45, 7) is 1.25. The standard InChI is InChI=1S/C18H18BrF3N4O/c19-12-5-3-11(4-6-12)13-9-15(18(20,21)22)26-16(23-13)10-14(24-26)17(27)25-7-1-2-8-25/h3-6,10,13,15,23H,1-2,7-9H2/t13-,15-/m1/s1. The minimum absolute atomic E-state index is 0.0603. The molecule has 0 bridgehead atoms. The summed E-state index contributed by atoms with van der Waals surface area (Å²) in [6.07, 6.45) is -2.82. The van der Waals surface area contributed by atoms with Crippen LogP contribution in [0.15, 0.2) is 34.8 Å². The van der Waals surface area contributed by atoms with Gasteiger partial charge in [0.2, 0.25) is 0 Å². The van der Waals surface area contributed by atoms with Gasteiger partial charge in [-0.1, -0.05) is 28.1 Å². The van der Waals surface area contributed by atoms with E-state index in [4.69, 9.17) is 0 Å². The lowest BCUT2D eigenvalue weighted by Crippen LogP contribution is -2.36. The van der Waals surface area contributed by atoms with Crippen LogP contribution in [0.25, 0.3) is 0 Å². The first-order chi connectivity index (χ1) is 12.8. The van der Waals surface area contributed by atoms with Crippen LogP contribution < -0.4 is 5.32 Å². The van der Waals surface area contributed by atoms with Gasteiger partial charge >= 0.3 is 6.18 Å². The molecule has 1 N–H and O–H groups in total. The molecule has 3 heterocycles. The first-order valence-corrected chi connectivity index (χ1v) is 9.60. The maximum absolute atomic E-state index is 13.7. The quantitative estimate of drug-likeness (QED) is 0.742. The molecule has 2 aliphatic rings. The van der Waals surface area contributed by atoms with Gasteiger partial charge in [0.1, 0.15) is 5.82 Å². The van der Waals surface area contributed by atoms with Crippen molar-refractivity contribution in [3.63, 3.8) is 0 Å². The van der Waals surface area contributed by atoms with Crippen LogP contribution in [-0.4, -0.2) is 39.9 Å². The first-order valence-electron chi connectivity index (χ1n) is 8.80. The summed E-state index contributed by atoms with van der Waals surface area (Å²) in [5.41, 5.74) is 0.817. The number of halogens is 4. The van der Waals surface area contributed by atoms with E-state index in [1.807, 2.05) is 0 Å². The Kier molecular flexibility index (Phi) is 4.65. The van der Waals surface area contributed by atoms with E-state index in [-0.39, 0.29) is 23.8 Å². The second-order valence-corrected chi connectivity index (χ2v) is 7.82. The van der Waals surface area contributed by atoms with Crippen molar-refractivity contribution in [1.29, 1.82) is 0 Å². The largest absolute Gasteiger partial charge is 0.410 e. The van der Waals surface area contributed by atoms with E-state index in [0.717, 1.165) is 27.6 Å². The van der Waals surface area contributed by atoms with E-state index < -0.39 is 18.3 Å². The number of carbonyl (C=O) groups is 1. The molecule has 2 aromatic rings. The van der Waals surface area contributed by atoms with Crippen molar-refractivity contribution >= 4 is 27.7 Å². The third-order valence-electron chi connectivity index (χ3n) is 5.07. The number of amides is 1. The third kappa shape index (κ3) is 3.56. The van der Waals surface area contributed by atoms with Gasteiger partial charge in [-0.05, 0) is 30.5 Å². The van der Waals surface area contributed by atoms with Gasteiger partial charge < -0.3 is 10.2 Å². The summed E-state index contributed by atoms with van der Waals surface area (Å²) < 4.78 is 42.9. The fraction of sp³-hybridized carbons (Fsp3) is 0.444. The SMILES string of the molecule is O=C(c1cc2n(n1)[C@@H](C(F)(F)F)C[C@H](c1ccc(Br)cc1)N2)N1CCCC1. The molecule has 0 radical (unpaired) electrons. The van der Waals surface area contributed by atoms with Gasteiger partial charge in [0.25, 0.3) is 5.91 Å². The number of nitrogens with zero attached hydrogens (tertiary/aromatic N) is 3. The van der Waals surface area contributed by atoms with Crippen molar-refractivity contribution in [3.05, 3.63) is 46.1 Å². The third-order valence-corrected chi connectivity index (χ3v) is 5.60. The minimum atomic E-state index is -4.45. The number of carbonyl (C=O) groups excluding carboxylic acids is 1. The Morgan fingerprint density at radius 2 is 1.85 bits per heavy atom. The maximum atomic E-state index is 13.7. The number of rotatable bonds is 2. The number of aromatic nitrogens is 2. The molecule has 0 aliphatic carbocycles. The normalized spacial score (nSPS) is 22.4. The van der Waals surface area contributed by atoms with Crippen molar-refractivity contribution in [3.8, 4) is 0 Å². The molecule has 2 aliphatic heterocycles. The molecule has 0 saturated carbocycles. The fourth-order valence-corrected chi connectivity index (χ4v) is 3.94. The molecule has 5 nitrogen and oxygen atoms in total. The zero-order valence-corrected chi connectivity index (χ0v) is 15.9. The van der Waals surface area contributed by atoms with E-state index in [1.54, 1.807) is 29.2 Å². The van der Waals surface area contributed by atoms with Gasteiger partial charge in [0.05, 0.1) is 6.04 Å². The number of benzene rings is 1. The van der Waals surface area contributed by atoms with E-state index in [1.165, 1.54) is 6.07 Å². The molecule has 4 rings (SSSR count). The number of likely N-dealkylation sites (tertiary alicyclic amines) is 1. The van der Waals surface area contributed by atoms with Gasteiger partial charge in [-0.2, -0.15) is 18.3 Å². The summed E-state index contributed by atoms with van der Waals surface area (Å²) in [4.78, 5) is 14.2. The number of fused-ring (bicyclic) bond motifs is 1. The number of nitrogens with one attached hydrogen (secondary N) is 1. The van der Waals surface area contributed by atoms with Gasteiger partial charge in [-0.25, -0.2) is 4.68 Å². The average molecular weight is 443 g/mol. The molecular weight excluding hydrogens is 425 g/mol. The highest BCUT2D eigenvalue weighted by Crippen LogP contribution is 2.43. The van der Waals surface area contributed by atoms with Gasteiger partial charge in [-0.15, -0.1) is 0 Å². The highest BCUT2D eigenvalue weighted by atomic mass is 79.9. The predicted octanol–water partition coefficient (Wildman–Crippen LogP) is 4.54. The Morgan fingerprint density at radius 3 is 2.48 bits per heavy atom. The highest BCUT2D eigenvalue weighted by molar-refractivity contribution is 9.10. The van der Waals surface area contributed by atoms with E-state index in [9.17, 15) is 18.0 Å². The number of hydrogen-bond donors (Lipinski definition) is 1. The second-order valence-electron chi connectivity index (χ2n) is 6.90. The van der Waals surface area contributed by atoms with E-state index in [0.29, 0.717) is 13.1 Å². The topological polar surface area (TPSA) is 50.2 Å². The van der Waals surface area contributed by atoms with Crippen LogP contribution in [0, 0.1) is 0 Å². The summed E-state index contributed by atoms with van der Waals surface area (Å²) in [6, 6.07) is 6.33. The van der Waals surface area contributed by atoms with Crippen LogP contribution in [0.4, 0.5) is 19.0 Å². The van der Waals surface area contributed by atoms with Crippen molar-refractivity contribution < 1.29 is 18.0 Å². The number of anilines is 1. The van der Waals surface area contributed by atoms with Crippen molar-refractivity contribution in [2.75, 3.05) is 18.4 Å². The predicted molar refractivity (Wildman–Crippen MR) is 97.6 cm³/mol. The number of alkyl halides is 3. The van der Waals surface area contributed by atoms with Crippen molar-refractivity contribution in [2.45, 2.75) is 37.5 Å². The van der Waals surface area contributed by atoms with Gasteiger partial charge in [0, 0.05) is 30.0 Å². The van der Waals surface area contributed by atoms with Crippen molar-refractivity contribution in [1.82, 2.24) is 14.7 Å². The molecule has 0 spiro atoms. The fourth-order valence-electron chi connectivity index (χ4n) is 3.67. The molecule has 27 heavy (non-hydrogen) atoms. The summed E-state index contributed by atoms with van der Waals surface area (Å²) in [7, 11) is 0. The lowest BCUT2D eigenvalue weighted by molar-refractivity contribution is -0.173. The molecule has 1 aromatic carbocycles. The van der Waals surface area contributed by atoms with E-state index >= 15 is 0 Å². The molecule has 9 heteroatoms. The Hall–Kier alpha value is -2.03. The molecule has 1 saturated heterocycles. The zero-order chi connectivity index (χ0) is 19.2. The molecule has 1 amide bonds. The second kappa shape index (κ2) is 6.85. The van der Waals surface area contributed by atoms with Crippen LogP contribution in [0.5, 0.6) is 0 Å². The Labute approximate surface area is 162 Å². The Morgan fingerprint density at radius 1 is 1.19 bits per heavy atom. The van der Waals surface area contributed by atoms with Crippen LogP contribution >= 0.6 is 15.9 Å². The minimum Gasteiger partial charge on any atom is -0.363 e. The zero-order valence-electron chi connectivity index (χ0n) is 14.3. The summed E-state index contributed by atoms with van der Waals surface area (Å²) in [5, 5.41) is 7.14. The van der Waals surface area contributed by atoms with E-state index in [2.05, 4.69) is 26.3 Å². The lowest BCUT2D eigenvalue weighted by Gasteiger charge is -2.33. The van der Waals surface area contributed by atoms with Crippen LogP contribution in [0.3, 0.4) is 0 Å². The average Bonchev–Trinajstić information content (AvgIpc) is 3.29. The molecule has 1 aromatic heterocycles. The van der Waals surface area contributed by atoms with Gasteiger partial charge in [-0.3, -0.25) is 4.79 Å². The maximum Gasteiger partial charge on any atom is 0.410 e. The molecular formula is C18H18BrF3N4O. The monoisotopic (exact) mass is 442 g/mol.